The number of hydrogen-bond acceptors (Lipinski definition) is 4. The van der Waals surface area contributed by atoms with Crippen molar-refractivity contribution in [3.63, 3.8) is 0 Å². The zero-order chi connectivity index (χ0) is 14.5. The van der Waals surface area contributed by atoms with Crippen molar-refractivity contribution in [3.05, 3.63) is 39.7 Å². The smallest absolute Gasteiger partial charge is 0.305 e. The first-order valence-electron chi connectivity index (χ1n) is 7.00. The molecule has 0 bridgehead atoms. The van der Waals surface area contributed by atoms with Gasteiger partial charge in [0.05, 0.1) is 4.92 Å². The summed E-state index contributed by atoms with van der Waals surface area (Å²) < 4.78 is 13.8. The Morgan fingerprint density at radius 2 is 2.25 bits per heavy atom. The Bertz CT molecular complexity index is 477. The number of likely N-dealkylation sites (N-methyl/N-ethyl adjacent to an activating group) is 1. The molecule has 0 heterocycles. The molecule has 0 radical (unpaired) electrons. The molecule has 1 N–H and O–H groups in total. The van der Waals surface area contributed by atoms with Crippen molar-refractivity contribution in [1.82, 2.24) is 10.2 Å². The number of halogens is 1. The first-order valence-corrected chi connectivity index (χ1v) is 7.00. The van der Waals surface area contributed by atoms with Gasteiger partial charge in [0.25, 0.3) is 0 Å². The monoisotopic (exact) mass is 281 g/mol. The van der Waals surface area contributed by atoms with Gasteiger partial charge >= 0.3 is 5.69 Å². The van der Waals surface area contributed by atoms with E-state index in [0.29, 0.717) is 12.1 Å². The summed E-state index contributed by atoms with van der Waals surface area (Å²) in [6.45, 7) is 5.16. The molecule has 0 unspecified atom stereocenters. The highest BCUT2D eigenvalue weighted by Crippen LogP contribution is 2.25. The fourth-order valence-electron chi connectivity index (χ4n) is 2.33. The second kappa shape index (κ2) is 6.76. The predicted molar refractivity (Wildman–Crippen MR) is 75.0 cm³/mol. The minimum absolute atomic E-state index is 0.315. The summed E-state index contributed by atoms with van der Waals surface area (Å²) in [5, 5.41) is 13.8. The predicted octanol–water partition coefficient (Wildman–Crippen LogP) is 2.31. The molecule has 1 aliphatic carbocycles. The average Bonchev–Trinajstić information content (AvgIpc) is 3.24. The number of nitrogens with one attached hydrogen (secondary N) is 1. The van der Waals surface area contributed by atoms with Gasteiger partial charge in [0.15, 0.2) is 0 Å². The lowest BCUT2D eigenvalue weighted by atomic mass is 10.2. The van der Waals surface area contributed by atoms with E-state index in [2.05, 4.69) is 17.1 Å². The quantitative estimate of drug-likeness (QED) is 0.451. The Morgan fingerprint density at radius 3 is 2.85 bits per heavy atom. The van der Waals surface area contributed by atoms with Gasteiger partial charge in [-0.3, -0.25) is 15.0 Å². The van der Waals surface area contributed by atoms with Gasteiger partial charge in [0, 0.05) is 37.3 Å². The lowest BCUT2D eigenvalue weighted by molar-refractivity contribution is -0.387. The summed E-state index contributed by atoms with van der Waals surface area (Å²) in [5.41, 5.74) is -0.119. The van der Waals surface area contributed by atoms with Crippen molar-refractivity contribution in [2.24, 2.45) is 0 Å². The van der Waals surface area contributed by atoms with E-state index in [0.717, 1.165) is 25.7 Å². The van der Waals surface area contributed by atoms with Crippen molar-refractivity contribution in [2.75, 3.05) is 19.6 Å². The highest BCUT2D eigenvalue weighted by molar-refractivity contribution is 5.36. The van der Waals surface area contributed by atoms with E-state index in [1.54, 1.807) is 6.07 Å². The van der Waals surface area contributed by atoms with Gasteiger partial charge < -0.3 is 5.32 Å². The van der Waals surface area contributed by atoms with Crippen LogP contribution in [0.25, 0.3) is 0 Å². The number of hydrogen-bond donors (Lipinski definition) is 1. The van der Waals surface area contributed by atoms with Gasteiger partial charge in [-0.15, -0.1) is 0 Å². The van der Waals surface area contributed by atoms with Crippen LogP contribution in [0.3, 0.4) is 0 Å². The summed E-state index contributed by atoms with van der Waals surface area (Å²) in [5.74, 6) is -0.737. The molecule has 5 nitrogen and oxygen atoms in total. The molecule has 1 fully saturated rings. The number of nitrogens with zero attached hydrogens (tertiary/aromatic N) is 2. The molecule has 0 spiro atoms. The van der Waals surface area contributed by atoms with Crippen LogP contribution < -0.4 is 5.32 Å². The molecule has 1 aliphatic rings. The van der Waals surface area contributed by atoms with Gasteiger partial charge in [0.1, 0.15) is 0 Å². The summed E-state index contributed by atoms with van der Waals surface area (Å²) >= 11 is 0. The second-order valence-electron chi connectivity index (χ2n) is 5.04. The lowest BCUT2D eigenvalue weighted by Gasteiger charge is -2.19. The van der Waals surface area contributed by atoms with Crippen LogP contribution in [0.4, 0.5) is 10.1 Å². The molecule has 1 aromatic rings. The number of rotatable bonds is 8. The van der Waals surface area contributed by atoms with Crippen molar-refractivity contribution < 1.29 is 9.31 Å². The molecule has 1 saturated carbocycles. The Morgan fingerprint density at radius 1 is 1.50 bits per heavy atom. The Hall–Kier alpha value is -1.53. The third-order valence-corrected chi connectivity index (χ3v) is 3.62. The summed E-state index contributed by atoms with van der Waals surface area (Å²) in [7, 11) is 0. The molecule has 0 amide bonds. The summed E-state index contributed by atoms with van der Waals surface area (Å²) in [6.07, 6.45) is 2.54. The van der Waals surface area contributed by atoms with Crippen LogP contribution in [-0.2, 0) is 6.54 Å². The van der Waals surface area contributed by atoms with Crippen molar-refractivity contribution in [3.8, 4) is 0 Å². The summed E-state index contributed by atoms with van der Waals surface area (Å²) in [6, 6.07) is 5.00. The van der Waals surface area contributed by atoms with E-state index in [1.807, 2.05) is 0 Å². The van der Waals surface area contributed by atoms with Crippen molar-refractivity contribution >= 4 is 5.69 Å². The summed E-state index contributed by atoms with van der Waals surface area (Å²) in [4.78, 5) is 12.4. The maximum atomic E-state index is 13.8. The van der Waals surface area contributed by atoms with Crippen LogP contribution in [0.2, 0.25) is 0 Å². The molecular weight excluding hydrogens is 261 g/mol. The fourth-order valence-corrected chi connectivity index (χ4v) is 2.33. The van der Waals surface area contributed by atoms with E-state index < -0.39 is 16.4 Å². The van der Waals surface area contributed by atoms with Crippen molar-refractivity contribution in [1.29, 1.82) is 0 Å². The van der Waals surface area contributed by atoms with Crippen LogP contribution >= 0.6 is 0 Å². The number of nitro groups is 1. The zero-order valence-electron chi connectivity index (χ0n) is 11.6. The largest absolute Gasteiger partial charge is 0.311 e. The number of nitro benzene ring substituents is 1. The minimum atomic E-state index is -0.737. The molecule has 0 saturated heterocycles. The third-order valence-electron chi connectivity index (χ3n) is 3.62. The first kappa shape index (κ1) is 14.9. The van der Waals surface area contributed by atoms with Crippen LogP contribution in [0.15, 0.2) is 18.2 Å². The zero-order valence-corrected chi connectivity index (χ0v) is 11.6. The highest BCUT2D eigenvalue weighted by atomic mass is 19.1. The minimum Gasteiger partial charge on any atom is -0.311 e. The fraction of sp³-hybridized carbons (Fsp3) is 0.571. The maximum Gasteiger partial charge on any atom is 0.305 e. The molecule has 0 aliphatic heterocycles. The van der Waals surface area contributed by atoms with Gasteiger partial charge in [-0.1, -0.05) is 19.1 Å². The normalized spacial score (nSPS) is 14.8. The lowest BCUT2D eigenvalue weighted by Crippen LogP contribution is -2.33. The highest BCUT2D eigenvalue weighted by Gasteiger charge is 2.27. The molecule has 1 aromatic carbocycles. The molecule has 0 aromatic heterocycles. The van der Waals surface area contributed by atoms with Crippen LogP contribution in [0.5, 0.6) is 0 Å². The average molecular weight is 281 g/mol. The van der Waals surface area contributed by atoms with E-state index in [1.165, 1.54) is 25.0 Å². The Labute approximate surface area is 117 Å². The molecule has 110 valence electrons. The second-order valence-corrected chi connectivity index (χ2v) is 5.04. The molecule has 6 heteroatoms. The first-order chi connectivity index (χ1) is 9.63. The van der Waals surface area contributed by atoms with E-state index in [4.69, 9.17) is 0 Å². The molecule has 2 rings (SSSR count). The molecule has 20 heavy (non-hydrogen) atoms. The van der Waals surface area contributed by atoms with Crippen LogP contribution in [0, 0.1) is 15.9 Å². The molecular formula is C14H20FN3O2. The third kappa shape index (κ3) is 3.74. The van der Waals surface area contributed by atoms with Crippen LogP contribution in [-0.4, -0.2) is 35.5 Å². The Kier molecular flexibility index (Phi) is 5.03. The number of benzene rings is 1. The molecule has 0 atom stereocenters. The maximum absolute atomic E-state index is 13.8. The van der Waals surface area contributed by atoms with Gasteiger partial charge in [-0.05, 0) is 19.4 Å². The SMILES string of the molecule is CCN(CCNCc1cccc([N+](=O)[O-])c1F)C1CC1. The van der Waals surface area contributed by atoms with Gasteiger partial charge in [0.2, 0.25) is 5.82 Å². The van der Waals surface area contributed by atoms with Gasteiger partial charge in [-0.2, -0.15) is 4.39 Å². The van der Waals surface area contributed by atoms with Gasteiger partial charge in [-0.25, -0.2) is 0 Å². The Balaban J connectivity index is 1.82. The van der Waals surface area contributed by atoms with Crippen LogP contribution in [0.1, 0.15) is 25.3 Å². The topological polar surface area (TPSA) is 58.4 Å². The van der Waals surface area contributed by atoms with E-state index in [-0.39, 0.29) is 0 Å². The standard InChI is InChI=1S/C14H20FN3O2/c1-2-17(12-6-7-12)9-8-16-10-11-4-3-5-13(14(11)15)18(19)20/h3-5,12,16H,2,6-10H2,1H3. The van der Waals surface area contributed by atoms with E-state index >= 15 is 0 Å². The van der Waals surface area contributed by atoms with Crippen molar-refractivity contribution in [2.45, 2.75) is 32.4 Å². The van der Waals surface area contributed by atoms with E-state index in [9.17, 15) is 14.5 Å².